The largest absolute Gasteiger partial charge is 0.497 e. The lowest BCUT2D eigenvalue weighted by Crippen LogP contribution is -2.36. The number of aryl methyl sites for hydroxylation is 1. The van der Waals surface area contributed by atoms with Crippen LogP contribution in [0.4, 0.5) is 0 Å². The minimum Gasteiger partial charge on any atom is -0.497 e. The van der Waals surface area contributed by atoms with Crippen LogP contribution in [0.15, 0.2) is 58.7 Å². The van der Waals surface area contributed by atoms with Crippen LogP contribution in [0, 0.1) is 6.92 Å². The maximum absolute atomic E-state index is 14.1. The molecule has 0 unspecified atom stereocenters. The van der Waals surface area contributed by atoms with E-state index < -0.39 is 0 Å². The van der Waals surface area contributed by atoms with Gasteiger partial charge in [-0.15, -0.1) is 11.3 Å². The van der Waals surface area contributed by atoms with E-state index in [-0.39, 0.29) is 11.6 Å². The summed E-state index contributed by atoms with van der Waals surface area (Å²) in [6, 6.07) is 16.3. The van der Waals surface area contributed by atoms with Gasteiger partial charge in [-0.05, 0) is 63.7 Å². The van der Waals surface area contributed by atoms with Crippen molar-refractivity contribution >= 4 is 21.6 Å². The standard InChI is InChI=1S/C26H27N3O2S/c1-17-6-4-8-19(14-17)24-27-25-23(26(30)29(24)20-10-12-28(2)13-11-20)22(16-32-25)18-7-5-9-21(15-18)31-3/h4-9,14-16,20H,10-13H2,1-3H3. The summed E-state index contributed by atoms with van der Waals surface area (Å²) >= 11 is 1.53. The van der Waals surface area contributed by atoms with Gasteiger partial charge in [0, 0.05) is 22.5 Å². The van der Waals surface area contributed by atoms with Crippen LogP contribution in [0.25, 0.3) is 32.7 Å². The van der Waals surface area contributed by atoms with Gasteiger partial charge in [0.15, 0.2) is 0 Å². The van der Waals surface area contributed by atoms with E-state index in [9.17, 15) is 4.79 Å². The molecule has 5 rings (SSSR count). The van der Waals surface area contributed by atoms with Crippen molar-refractivity contribution in [3.05, 3.63) is 69.8 Å². The summed E-state index contributed by atoms with van der Waals surface area (Å²) in [6.45, 7) is 4.04. The maximum atomic E-state index is 14.1. The first-order valence-electron chi connectivity index (χ1n) is 11.0. The van der Waals surface area contributed by atoms with Crippen molar-refractivity contribution in [1.82, 2.24) is 14.5 Å². The summed E-state index contributed by atoms with van der Waals surface area (Å²) in [5.41, 5.74) is 4.13. The molecule has 164 valence electrons. The van der Waals surface area contributed by atoms with E-state index in [4.69, 9.17) is 9.72 Å². The third-order valence-electron chi connectivity index (χ3n) is 6.35. The first kappa shape index (κ1) is 20.9. The number of hydrogen-bond acceptors (Lipinski definition) is 5. The van der Waals surface area contributed by atoms with Crippen LogP contribution < -0.4 is 10.3 Å². The highest BCUT2D eigenvalue weighted by molar-refractivity contribution is 7.17. The molecule has 0 N–H and O–H groups in total. The second-order valence-electron chi connectivity index (χ2n) is 8.58. The van der Waals surface area contributed by atoms with Crippen molar-refractivity contribution in [2.45, 2.75) is 25.8 Å². The van der Waals surface area contributed by atoms with E-state index in [1.165, 1.54) is 11.3 Å². The van der Waals surface area contributed by atoms with Gasteiger partial charge in [-0.2, -0.15) is 0 Å². The summed E-state index contributed by atoms with van der Waals surface area (Å²) in [7, 11) is 3.80. The normalized spacial score (nSPS) is 15.3. The lowest BCUT2D eigenvalue weighted by molar-refractivity contribution is 0.219. The summed E-state index contributed by atoms with van der Waals surface area (Å²) in [6.07, 6.45) is 1.89. The molecular weight excluding hydrogens is 418 g/mol. The zero-order valence-electron chi connectivity index (χ0n) is 18.7. The molecule has 2 aromatic heterocycles. The first-order chi connectivity index (χ1) is 15.5. The molecule has 0 aliphatic carbocycles. The number of likely N-dealkylation sites (tertiary alicyclic amines) is 1. The van der Waals surface area contributed by atoms with Crippen LogP contribution in [0.2, 0.25) is 0 Å². The number of aromatic nitrogens is 2. The van der Waals surface area contributed by atoms with Crippen molar-refractivity contribution in [1.29, 1.82) is 0 Å². The fraction of sp³-hybridized carbons (Fsp3) is 0.308. The Balaban J connectivity index is 1.75. The minimum atomic E-state index is 0.0557. The third-order valence-corrected chi connectivity index (χ3v) is 7.22. The fourth-order valence-corrected chi connectivity index (χ4v) is 5.52. The zero-order valence-corrected chi connectivity index (χ0v) is 19.5. The van der Waals surface area contributed by atoms with E-state index in [1.807, 2.05) is 40.3 Å². The Kier molecular flexibility index (Phi) is 5.57. The molecule has 3 heterocycles. The molecule has 1 aliphatic rings. The SMILES string of the molecule is COc1cccc(-c2csc3nc(-c4cccc(C)c4)n(C4CCN(C)CC4)c(=O)c23)c1. The Labute approximate surface area is 191 Å². The summed E-state index contributed by atoms with van der Waals surface area (Å²) in [5.74, 6) is 1.56. The molecule has 5 nitrogen and oxygen atoms in total. The Morgan fingerprint density at radius 3 is 2.56 bits per heavy atom. The highest BCUT2D eigenvalue weighted by Gasteiger charge is 2.26. The Morgan fingerprint density at radius 2 is 1.81 bits per heavy atom. The van der Waals surface area contributed by atoms with Gasteiger partial charge in [-0.25, -0.2) is 4.98 Å². The summed E-state index contributed by atoms with van der Waals surface area (Å²) < 4.78 is 7.38. The molecule has 0 radical (unpaired) electrons. The van der Waals surface area contributed by atoms with Crippen molar-refractivity contribution in [2.75, 3.05) is 27.2 Å². The second-order valence-corrected chi connectivity index (χ2v) is 9.43. The van der Waals surface area contributed by atoms with Crippen LogP contribution in [-0.2, 0) is 0 Å². The monoisotopic (exact) mass is 445 g/mol. The van der Waals surface area contributed by atoms with Gasteiger partial charge in [0.05, 0.1) is 12.5 Å². The van der Waals surface area contributed by atoms with Gasteiger partial charge in [-0.3, -0.25) is 9.36 Å². The number of rotatable bonds is 4. The molecule has 0 atom stereocenters. The molecule has 1 aliphatic heterocycles. The number of fused-ring (bicyclic) bond motifs is 1. The van der Waals surface area contributed by atoms with Crippen molar-refractivity contribution in [2.24, 2.45) is 0 Å². The molecule has 1 fully saturated rings. The molecule has 6 heteroatoms. The van der Waals surface area contributed by atoms with Crippen LogP contribution in [0.1, 0.15) is 24.4 Å². The highest BCUT2D eigenvalue weighted by Crippen LogP contribution is 2.35. The smallest absolute Gasteiger partial charge is 0.263 e. The summed E-state index contributed by atoms with van der Waals surface area (Å²) in [4.78, 5) is 22.3. The predicted molar refractivity (Wildman–Crippen MR) is 132 cm³/mol. The Hall–Kier alpha value is -2.96. The van der Waals surface area contributed by atoms with E-state index in [0.29, 0.717) is 5.39 Å². The first-order valence-corrected chi connectivity index (χ1v) is 11.9. The molecule has 2 aromatic carbocycles. The van der Waals surface area contributed by atoms with Gasteiger partial charge >= 0.3 is 0 Å². The molecule has 0 saturated carbocycles. The van der Waals surface area contributed by atoms with Crippen molar-refractivity contribution in [3.8, 4) is 28.3 Å². The molecule has 0 spiro atoms. The van der Waals surface area contributed by atoms with Gasteiger partial charge < -0.3 is 9.64 Å². The minimum absolute atomic E-state index is 0.0557. The number of benzene rings is 2. The van der Waals surface area contributed by atoms with Crippen LogP contribution in [-0.4, -0.2) is 41.7 Å². The highest BCUT2D eigenvalue weighted by atomic mass is 32.1. The van der Waals surface area contributed by atoms with Crippen molar-refractivity contribution in [3.63, 3.8) is 0 Å². The Morgan fingerprint density at radius 1 is 1.06 bits per heavy atom. The lowest BCUT2D eigenvalue weighted by Gasteiger charge is -2.31. The van der Waals surface area contributed by atoms with Gasteiger partial charge in [0.2, 0.25) is 0 Å². The predicted octanol–water partition coefficient (Wildman–Crippen LogP) is 5.38. The molecule has 0 amide bonds. The third kappa shape index (κ3) is 3.74. The molecular formula is C26H27N3O2S. The van der Waals surface area contributed by atoms with Gasteiger partial charge in [0.1, 0.15) is 16.4 Å². The van der Waals surface area contributed by atoms with Crippen LogP contribution >= 0.6 is 11.3 Å². The fourth-order valence-electron chi connectivity index (χ4n) is 4.59. The lowest BCUT2D eigenvalue weighted by atomic mass is 10.0. The number of piperidine rings is 1. The molecule has 1 saturated heterocycles. The van der Waals surface area contributed by atoms with Gasteiger partial charge in [0.25, 0.3) is 5.56 Å². The number of thiophene rings is 1. The maximum Gasteiger partial charge on any atom is 0.263 e. The van der Waals surface area contributed by atoms with E-state index in [0.717, 1.165) is 64.6 Å². The average molecular weight is 446 g/mol. The molecule has 4 aromatic rings. The van der Waals surface area contributed by atoms with Crippen LogP contribution in [0.3, 0.4) is 0 Å². The molecule has 32 heavy (non-hydrogen) atoms. The van der Waals surface area contributed by atoms with Crippen molar-refractivity contribution < 1.29 is 4.74 Å². The number of hydrogen-bond donors (Lipinski definition) is 0. The quantitative estimate of drug-likeness (QED) is 0.423. The van der Waals surface area contributed by atoms with E-state index >= 15 is 0 Å². The zero-order chi connectivity index (χ0) is 22.2. The number of ether oxygens (including phenoxy) is 1. The second kappa shape index (κ2) is 8.52. The number of nitrogens with zero attached hydrogens (tertiary/aromatic N) is 3. The van der Waals surface area contributed by atoms with E-state index in [2.05, 4.69) is 37.1 Å². The topological polar surface area (TPSA) is 47.4 Å². The Bertz CT molecular complexity index is 1330. The number of methoxy groups -OCH3 is 1. The average Bonchev–Trinajstić information content (AvgIpc) is 3.24. The van der Waals surface area contributed by atoms with Crippen LogP contribution in [0.5, 0.6) is 5.75 Å². The molecule has 0 bridgehead atoms. The summed E-state index contributed by atoms with van der Waals surface area (Å²) in [5, 5.41) is 2.76. The van der Waals surface area contributed by atoms with E-state index in [1.54, 1.807) is 7.11 Å². The van der Waals surface area contributed by atoms with Gasteiger partial charge in [-0.1, -0.05) is 35.9 Å².